The molecule has 37 heavy (non-hydrogen) atoms. The van der Waals surface area contributed by atoms with Crippen LogP contribution in [0.1, 0.15) is 49.6 Å². The molecule has 14 heteroatoms. The zero-order valence-corrected chi connectivity index (χ0v) is 20.3. The first-order valence-corrected chi connectivity index (χ1v) is 13.4. The number of benzene rings is 1. The van der Waals surface area contributed by atoms with Crippen molar-refractivity contribution in [2.45, 2.75) is 49.0 Å². The number of nitrogens with one attached hydrogen (secondary N) is 3. The SMILES string of the molecule is CS(=O)(=O)c1cc([C@@H]2CCCCO2)ccc1Nc1cc(NC(=O)C2CC2(F)F)nc2[nH]c(C(F)F)nc12. The number of hydrogen-bond acceptors (Lipinski definition) is 7. The van der Waals surface area contributed by atoms with Crippen molar-refractivity contribution in [3.63, 3.8) is 0 Å². The Morgan fingerprint density at radius 2 is 1.95 bits per heavy atom. The summed E-state index contributed by atoms with van der Waals surface area (Å²) in [7, 11) is -3.76. The van der Waals surface area contributed by atoms with Gasteiger partial charge in [-0.25, -0.2) is 35.9 Å². The van der Waals surface area contributed by atoms with Crippen molar-refractivity contribution in [3.05, 3.63) is 35.7 Å². The van der Waals surface area contributed by atoms with E-state index in [0.717, 1.165) is 25.5 Å². The quantitative estimate of drug-likeness (QED) is 0.364. The van der Waals surface area contributed by atoms with Crippen LogP contribution in [-0.2, 0) is 19.4 Å². The van der Waals surface area contributed by atoms with E-state index >= 15 is 0 Å². The molecule has 2 aromatic heterocycles. The van der Waals surface area contributed by atoms with Gasteiger partial charge in [0.2, 0.25) is 5.91 Å². The van der Waals surface area contributed by atoms with Gasteiger partial charge in [-0.15, -0.1) is 0 Å². The zero-order chi connectivity index (χ0) is 26.5. The van der Waals surface area contributed by atoms with Crippen LogP contribution in [0, 0.1) is 5.92 Å². The van der Waals surface area contributed by atoms with Crippen LogP contribution in [0.5, 0.6) is 0 Å². The molecule has 0 spiro atoms. The summed E-state index contributed by atoms with van der Waals surface area (Å²) in [6.45, 7) is 0.570. The Hall–Kier alpha value is -3.26. The van der Waals surface area contributed by atoms with Gasteiger partial charge in [-0.05, 0) is 37.0 Å². The highest BCUT2D eigenvalue weighted by molar-refractivity contribution is 7.90. The Labute approximate surface area is 208 Å². The van der Waals surface area contributed by atoms with Gasteiger partial charge in [0.25, 0.3) is 12.3 Å². The van der Waals surface area contributed by atoms with Crippen molar-refractivity contribution >= 4 is 44.1 Å². The number of alkyl halides is 4. The van der Waals surface area contributed by atoms with Gasteiger partial charge in [0, 0.05) is 25.3 Å². The van der Waals surface area contributed by atoms with E-state index in [4.69, 9.17) is 4.74 Å². The van der Waals surface area contributed by atoms with E-state index in [0.29, 0.717) is 12.2 Å². The Morgan fingerprint density at radius 3 is 2.57 bits per heavy atom. The number of amides is 1. The number of rotatable bonds is 7. The van der Waals surface area contributed by atoms with Crippen molar-refractivity contribution in [1.29, 1.82) is 0 Å². The number of nitrogens with zero attached hydrogens (tertiary/aromatic N) is 2. The molecule has 3 N–H and O–H groups in total. The third-order valence-electron chi connectivity index (χ3n) is 6.30. The number of hydrogen-bond donors (Lipinski definition) is 3. The van der Waals surface area contributed by atoms with Crippen LogP contribution in [-0.4, -0.2) is 48.1 Å². The average Bonchev–Trinajstić information content (AvgIpc) is 3.27. The largest absolute Gasteiger partial charge is 0.374 e. The molecule has 1 saturated carbocycles. The van der Waals surface area contributed by atoms with Crippen LogP contribution < -0.4 is 10.6 Å². The van der Waals surface area contributed by atoms with Gasteiger partial charge in [0.15, 0.2) is 21.3 Å². The van der Waals surface area contributed by atoms with Crippen molar-refractivity contribution in [2.24, 2.45) is 5.92 Å². The second kappa shape index (κ2) is 9.24. The summed E-state index contributed by atoms with van der Waals surface area (Å²) in [5.41, 5.74) is 0.652. The minimum absolute atomic E-state index is 0.0394. The van der Waals surface area contributed by atoms with Crippen molar-refractivity contribution in [3.8, 4) is 0 Å². The topological polar surface area (TPSA) is 126 Å². The number of aromatic nitrogens is 3. The number of carbonyl (C=O) groups excluding carboxylic acids is 1. The van der Waals surface area contributed by atoms with Gasteiger partial charge in [0.1, 0.15) is 17.3 Å². The van der Waals surface area contributed by atoms with Gasteiger partial charge in [-0.2, -0.15) is 0 Å². The van der Waals surface area contributed by atoms with E-state index in [2.05, 4.69) is 25.6 Å². The number of pyridine rings is 1. The molecule has 5 rings (SSSR count). The predicted molar refractivity (Wildman–Crippen MR) is 126 cm³/mol. The first kappa shape index (κ1) is 25.4. The maximum atomic E-state index is 13.3. The molecule has 1 aliphatic heterocycles. The van der Waals surface area contributed by atoms with Crippen LogP contribution in [0.4, 0.5) is 34.8 Å². The second-order valence-corrected chi connectivity index (χ2v) is 11.2. The molecule has 2 atom stereocenters. The molecule has 1 saturated heterocycles. The number of halogens is 4. The number of sulfone groups is 1. The Morgan fingerprint density at radius 1 is 1.19 bits per heavy atom. The third-order valence-corrected chi connectivity index (χ3v) is 7.43. The number of ether oxygens (including phenoxy) is 1. The van der Waals surface area contributed by atoms with Crippen molar-refractivity contribution < 1.29 is 35.5 Å². The number of anilines is 3. The van der Waals surface area contributed by atoms with Gasteiger partial charge < -0.3 is 20.4 Å². The molecule has 0 bridgehead atoms. The van der Waals surface area contributed by atoms with Crippen LogP contribution in [0.15, 0.2) is 29.2 Å². The van der Waals surface area contributed by atoms with Crippen LogP contribution in [0.3, 0.4) is 0 Å². The molecule has 1 unspecified atom stereocenters. The third kappa shape index (κ3) is 5.25. The smallest absolute Gasteiger partial charge is 0.295 e. The number of fused-ring (bicyclic) bond motifs is 1. The normalized spacial score (nSPS) is 21.2. The fourth-order valence-corrected chi connectivity index (χ4v) is 5.15. The summed E-state index contributed by atoms with van der Waals surface area (Å²) in [5, 5.41) is 5.17. The summed E-state index contributed by atoms with van der Waals surface area (Å²) >= 11 is 0. The maximum absolute atomic E-state index is 13.3. The number of imidazole rings is 1. The molecule has 1 amide bonds. The van der Waals surface area contributed by atoms with Crippen LogP contribution in [0.25, 0.3) is 11.2 Å². The highest BCUT2D eigenvalue weighted by Gasteiger charge is 2.61. The zero-order valence-electron chi connectivity index (χ0n) is 19.5. The first-order valence-electron chi connectivity index (χ1n) is 11.5. The lowest BCUT2D eigenvalue weighted by molar-refractivity contribution is -0.119. The standard InChI is InChI=1S/C23H23F4N5O4S/c1-37(34,35)16-8-11(15-4-2-3-7-36-15)5-6-13(16)28-14-9-17(30-22(33)12-10-23(12,26)27)29-20-18(14)31-21(32-20)19(24)25/h5-6,8-9,12,15,19H,2-4,7,10H2,1H3,(H3,28,29,30,31,32,33)/t12?,15-/m0/s1. The Balaban J connectivity index is 1.54. The summed E-state index contributed by atoms with van der Waals surface area (Å²) in [6, 6.07) is 5.96. The average molecular weight is 542 g/mol. The molecule has 1 aliphatic carbocycles. The molecule has 1 aromatic carbocycles. The minimum atomic E-state index is -3.76. The lowest BCUT2D eigenvalue weighted by Crippen LogP contribution is -2.18. The first-order chi connectivity index (χ1) is 17.4. The number of carbonyl (C=O) groups is 1. The second-order valence-electron chi connectivity index (χ2n) is 9.19. The van der Waals surface area contributed by atoms with Crippen molar-refractivity contribution in [1.82, 2.24) is 15.0 Å². The lowest BCUT2D eigenvalue weighted by Gasteiger charge is -2.24. The highest BCUT2D eigenvalue weighted by atomic mass is 32.2. The van der Waals surface area contributed by atoms with E-state index in [1.807, 2.05) is 0 Å². The molecular weight excluding hydrogens is 518 g/mol. The fraction of sp³-hybridized carbons (Fsp3) is 0.435. The summed E-state index contributed by atoms with van der Waals surface area (Å²) in [4.78, 5) is 22.4. The molecule has 2 aliphatic rings. The van der Waals surface area contributed by atoms with Gasteiger partial charge in [-0.3, -0.25) is 4.79 Å². The fourth-order valence-electron chi connectivity index (χ4n) is 4.28. The lowest BCUT2D eigenvalue weighted by atomic mass is 10.0. The predicted octanol–water partition coefficient (Wildman–Crippen LogP) is 4.88. The van der Waals surface area contributed by atoms with Gasteiger partial charge >= 0.3 is 0 Å². The van der Waals surface area contributed by atoms with E-state index in [9.17, 15) is 30.8 Å². The molecular formula is C23H23F4N5O4S. The molecule has 198 valence electrons. The summed E-state index contributed by atoms with van der Waals surface area (Å²) in [5.74, 6) is -6.48. The number of H-pyrrole nitrogens is 1. The molecule has 3 heterocycles. The molecule has 0 radical (unpaired) electrons. The Kier molecular flexibility index (Phi) is 6.34. The van der Waals surface area contributed by atoms with Crippen molar-refractivity contribution in [2.75, 3.05) is 23.5 Å². The highest BCUT2D eigenvalue weighted by Crippen LogP contribution is 2.49. The van der Waals surface area contributed by atoms with E-state index in [1.165, 1.54) is 18.2 Å². The molecule has 9 nitrogen and oxygen atoms in total. The monoisotopic (exact) mass is 541 g/mol. The Bertz CT molecular complexity index is 1470. The maximum Gasteiger partial charge on any atom is 0.295 e. The summed E-state index contributed by atoms with van der Waals surface area (Å²) in [6.07, 6.45) is -0.166. The van der Waals surface area contributed by atoms with E-state index in [-0.39, 0.29) is 39.4 Å². The molecule has 2 fully saturated rings. The van der Waals surface area contributed by atoms with Crippen LogP contribution in [0.2, 0.25) is 0 Å². The van der Waals surface area contributed by atoms with Gasteiger partial charge in [-0.1, -0.05) is 6.07 Å². The number of aromatic amines is 1. The van der Waals surface area contributed by atoms with E-state index in [1.54, 1.807) is 6.07 Å². The van der Waals surface area contributed by atoms with Crippen LogP contribution >= 0.6 is 0 Å². The molecule has 3 aromatic rings. The minimum Gasteiger partial charge on any atom is -0.374 e. The summed E-state index contributed by atoms with van der Waals surface area (Å²) < 4.78 is 84.4. The van der Waals surface area contributed by atoms with Gasteiger partial charge in [0.05, 0.1) is 22.4 Å². The van der Waals surface area contributed by atoms with E-state index < -0.39 is 46.3 Å².